The van der Waals surface area contributed by atoms with E-state index in [0.29, 0.717) is 50.5 Å². The van der Waals surface area contributed by atoms with Crippen LogP contribution in [0.25, 0.3) is 0 Å². The van der Waals surface area contributed by atoms with E-state index in [9.17, 15) is 14.3 Å². The fourth-order valence-corrected chi connectivity index (χ4v) is 6.38. The van der Waals surface area contributed by atoms with Crippen LogP contribution in [0.1, 0.15) is 48.2 Å². The van der Waals surface area contributed by atoms with Crippen molar-refractivity contribution in [2.24, 2.45) is 15.3 Å². The molecule has 3 aromatic carbocycles. The molecule has 1 aliphatic rings. The molecule has 1 N–H and O–H groups in total. The number of benzene rings is 3. The molecule has 0 aliphatic carbocycles. The number of anilines is 1. The summed E-state index contributed by atoms with van der Waals surface area (Å²) >= 11 is 0. The topological polar surface area (TPSA) is 110 Å². The van der Waals surface area contributed by atoms with Gasteiger partial charge in [-0.15, -0.1) is 4.99 Å². The van der Waals surface area contributed by atoms with Crippen molar-refractivity contribution in [1.82, 2.24) is 9.80 Å². The Labute approximate surface area is 250 Å². The number of nitriles is 1. The average molecular weight is 587 g/mol. The first-order chi connectivity index (χ1) is 20.5. The van der Waals surface area contributed by atoms with E-state index in [4.69, 9.17) is 8.55 Å². The van der Waals surface area contributed by atoms with Crippen molar-refractivity contribution in [3.63, 3.8) is 0 Å². The van der Waals surface area contributed by atoms with E-state index in [2.05, 4.69) is 10.3 Å². The standard InChI is InChI=1S/C32H38N6O3S/c1-4-37(5-2)30(39)25-16-18-29(19-17-25)35-31(34-24-33)38-22-20-28(21-23-38)32(36-42(40)41-3,26-12-8-6-9-13-26)27-14-10-7-11-15-27/h6-19,28,42H,4-5,20-23H2,1-3H3,(H,34,35). The predicted octanol–water partition coefficient (Wildman–Crippen LogP) is 5.30. The minimum Gasteiger partial charge on any atom is -0.342 e. The normalized spacial score (nSPS) is 15.2. The van der Waals surface area contributed by atoms with E-state index in [1.165, 1.54) is 7.11 Å². The Balaban J connectivity index is 1.58. The van der Waals surface area contributed by atoms with Gasteiger partial charge in [0.1, 0.15) is 5.54 Å². The number of thiol groups is 1. The summed E-state index contributed by atoms with van der Waals surface area (Å²) < 4.78 is 22.9. The van der Waals surface area contributed by atoms with Gasteiger partial charge in [0.2, 0.25) is 12.2 Å². The number of rotatable bonds is 9. The fraction of sp³-hybridized carbons (Fsp3) is 0.344. The van der Waals surface area contributed by atoms with E-state index in [1.807, 2.05) is 97.7 Å². The zero-order chi connectivity index (χ0) is 30.0. The highest BCUT2D eigenvalue weighted by atomic mass is 32.2. The van der Waals surface area contributed by atoms with Crippen LogP contribution in [0, 0.1) is 17.4 Å². The first-order valence-electron chi connectivity index (χ1n) is 14.2. The molecule has 1 amide bonds. The van der Waals surface area contributed by atoms with Crippen LogP contribution in [0.15, 0.2) is 94.3 Å². The fourth-order valence-electron chi connectivity index (χ4n) is 5.64. The van der Waals surface area contributed by atoms with Crippen molar-refractivity contribution in [1.29, 1.82) is 5.26 Å². The number of hydrogen-bond acceptors (Lipinski definition) is 6. The molecule has 42 heavy (non-hydrogen) atoms. The lowest BCUT2D eigenvalue weighted by atomic mass is 9.70. The monoisotopic (exact) mass is 586 g/mol. The van der Waals surface area contributed by atoms with E-state index >= 15 is 0 Å². The molecule has 3 aromatic rings. The van der Waals surface area contributed by atoms with E-state index in [1.54, 1.807) is 17.0 Å². The first kappa shape index (κ1) is 30.8. The third-order valence-corrected chi connectivity index (χ3v) is 8.59. The number of amides is 1. The van der Waals surface area contributed by atoms with Gasteiger partial charge < -0.3 is 15.1 Å². The van der Waals surface area contributed by atoms with Gasteiger partial charge in [0, 0.05) is 37.4 Å². The SMILES string of the molecule is CCN(CC)C(=O)c1ccc(N/C(=N/C#N)N2CCC(C(N=[SH](=O)OC)(c3ccccc3)c3ccccc3)CC2)cc1. The Kier molecular flexibility index (Phi) is 10.7. The number of guanidine groups is 1. The highest BCUT2D eigenvalue weighted by Crippen LogP contribution is 2.45. The molecule has 0 aromatic heterocycles. The van der Waals surface area contributed by atoms with Crippen LogP contribution < -0.4 is 5.32 Å². The Morgan fingerprint density at radius 1 is 1.00 bits per heavy atom. The van der Waals surface area contributed by atoms with E-state index in [0.717, 1.165) is 16.8 Å². The zero-order valence-electron chi connectivity index (χ0n) is 24.3. The van der Waals surface area contributed by atoms with Crippen LogP contribution in [0.4, 0.5) is 5.69 Å². The maximum Gasteiger partial charge on any atom is 0.253 e. The Morgan fingerprint density at radius 2 is 1.55 bits per heavy atom. The van der Waals surface area contributed by atoms with Gasteiger partial charge in [0.05, 0.1) is 7.11 Å². The largest absolute Gasteiger partial charge is 0.342 e. The van der Waals surface area contributed by atoms with Gasteiger partial charge in [0.15, 0.2) is 10.9 Å². The highest BCUT2D eigenvalue weighted by molar-refractivity contribution is 7.69. The lowest BCUT2D eigenvalue weighted by molar-refractivity contribution is 0.0773. The van der Waals surface area contributed by atoms with Crippen LogP contribution in [0.2, 0.25) is 0 Å². The van der Waals surface area contributed by atoms with Gasteiger partial charge in [-0.2, -0.15) is 5.26 Å². The van der Waals surface area contributed by atoms with Crippen LogP contribution in [-0.2, 0) is 20.6 Å². The molecule has 0 saturated carbocycles. The number of aliphatic imine (C=N–C) groups is 1. The van der Waals surface area contributed by atoms with Crippen LogP contribution in [-0.4, -0.2) is 59.2 Å². The maximum atomic E-state index is 12.9. The number of nitrogens with zero attached hydrogens (tertiary/aromatic N) is 5. The second kappa shape index (κ2) is 14.6. The van der Waals surface area contributed by atoms with Crippen molar-refractivity contribution in [2.45, 2.75) is 32.2 Å². The summed E-state index contributed by atoms with van der Waals surface area (Å²) in [5, 5.41) is 12.7. The molecule has 1 fully saturated rings. The number of likely N-dealkylation sites (tertiary alicyclic amines) is 1. The lowest BCUT2D eigenvalue weighted by Crippen LogP contribution is -2.47. The molecule has 0 radical (unpaired) electrons. The number of nitrogens with one attached hydrogen (secondary N) is 1. The smallest absolute Gasteiger partial charge is 0.253 e. The van der Waals surface area contributed by atoms with Crippen molar-refractivity contribution in [2.75, 3.05) is 38.6 Å². The molecule has 220 valence electrons. The molecule has 1 unspecified atom stereocenters. The van der Waals surface area contributed by atoms with Crippen LogP contribution >= 0.6 is 0 Å². The average Bonchev–Trinajstić information content (AvgIpc) is 3.05. The molecule has 0 bridgehead atoms. The van der Waals surface area contributed by atoms with Crippen molar-refractivity contribution < 1.29 is 13.2 Å². The second-order valence-corrected chi connectivity index (χ2v) is 11.0. The minimum absolute atomic E-state index is 0.0134. The van der Waals surface area contributed by atoms with Gasteiger partial charge in [-0.05, 0) is 68.0 Å². The minimum atomic E-state index is -2.26. The van der Waals surface area contributed by atoms with Gasteiger partial charge >= 0.3 is 0 Å². The number of carbonyl (C=O) groups excluding carboxylic acids is 1. The molecule has 0 spiro atoms. The van der Waals surface area contributed by atoms with Crippen molar-refractivity contribution in [3.05, 3.63) is 102 Å². The molecular weight excluding hydrogens is 548 g/mol. The summed E-state index contributed by atoms with van der Waals surface area (Å²) in [5.41, 5.74) is 2.39. The highest BCUT2D eigenvalue weighted by Gasteiger charge is 2.44. The van der Waals surface area contributed by atoms with Crippen molar-refractivity contribution in [3.8, 4) is 6.19 Å². The molecule has 1 saturated heterocycles. The summed E-state index contributed by atoms with van der Waals surface area (Å²) in [7, 11) is -0.849. The van der Waals surface area contributed by atoms with Gasteiger partial charge in [0.25, 0.3) is 5.91 Å². The zero-order valence-corrected chi connectivity index (χ0v) is 25.2. The quantitative estimate of drug-likeness (QED) is 0.152. The summed E-state index contributed by atoms with van der Waals surface area (Å²) in [6.45, 7) is 6.43. The summed E-state index contributed by atoms with van der Waals surface area (Å²) in [6, 6.07) is 27.1. The number of hydrogen-bond donors (Lipinski definition) is 2. The molecular formula is C32H38N6O3S. The third-order valence-electron chi connectivity index (χ3n) is 7.80. The van der Waals surface area contributed by atoms with Crippen LogP contribution in [0.3, 0.4) is 0 Å². The molecule has 1 aliphatic heterocycles. The number of piperidine rings is 1. The molecule has 4 rings (SSSR count). The summed E-state index contributed by atoms with van der Waals surface area (Å²) in [6.07, 6.45) is 3.35. The summed E-state index contributed by atoms with van der Waals surface area (Å²) in [5.74, 6) is 0.450. The van der Waals surface area contributed by atoms with Crippen molar-refractivity contribution >= 4 is 28.4 Å². The predicted molar refractivity (Wildman–Crippen MR) is 167 cm³/mol. The lowest BCUT2D eigenvalue weighted by Gasteiger charge is -2.43. The molecule has 10 heteroatoms. The Bertz CT molecular complexity index is 1430. The Morgan fingerprint density at radius 3 is 2.02 bits per heavy atom. The number of carbonyl (C=O) groups is 1. The van der Waals surface area contributed by atoms with Crippen LogP contribution in [0.5, 0.6) is 0 Å². The van der Waals surface area contributed by atoms with Gasteiger partial charge in [-0.25, -0.2) is 8.57 Å². The van der Waals surface area contributed by atoms with E-state index in [-0.39, 0.29) is 11.8 Å². The molecule has 9 nitrogen and oxygen atoms in total. The van der Waals surface area contributed by atoms with Gasteiger partial charge in [-0.3, -0.25) is 8.98 Å². The van der Waals surface area contributed by atoms with E-state index < -0.39 is 16.4 Å². The second-order valence-electron chi connectivity index (χ2n) is 10.00. The first-order valence-corrected chi connectivity index (χ1v) is 15.3. The van der Waals surface area contributed by atoms with Gasteiger partial charge in [-0.1, -0.05) is 60.7 Å². The molecule has 1 atom stereocenters. The maximum absolute atomic E-state index is 12.9. The molecule has 1 heterocycles. The third kappa shape index (κ3) is 6.81. The summed E-state index contributed by atoms with van der Waals surface area (Å²) in [4.78, 5) is 20.6. The Hall–Kier alpha value is -4.20.